The normalized spacial score (nSPS) is 14.0. The summed E-state index contributed by atoms with van der Waals surface area (Å²) < 4.78 is 23.8. The molecule has 0 unspecified atom stereocenters. The summed E-state index contributed by atoms with van der Waals surface area (Å²) >= 11 is 0. The van der Waals surface area contributed by atoms with E-state index in [-0.39, 0.29) is 18.0 Å². The Labute approximate surface area is 258 Å². The van der Waals surface area contributed by atoms with E-state index >= 15 is 0 Å². The van der Waals surface area contributed by atoms with E-state index in [1.807, 2.05) is 39.0 Å². The van der Waals surface area contributed by atoms with Crippen molar-refractivity contribution in [3.8, 4) is 28.4 Å². The van der Waals surface area contributed by atoms with Gasteiger partial charge in [-0.1, -0.05) is 46.6 Å². The summed E-state index contributed by atoms with van der Waals surface area (Å²) in [5.41, 5.74) is 2.75. The molecule has 8 nitrogen and oxygen atoms in total. The van der Waals surface area contributed by atoms with Crippen LogP contribution in [0.25, 0.3) is 11.1 Å². The van der Waals surface area contributed by atoms with Gasteiger partial charge in [0.15, 0.2) is 0 Å². The Balaban J connectivity index is 1.96. The summed E-state index contributed by atoms with van der Waals surface area (Å²) in [5, 5.41) is 3.21. The standard InChI is InChI=1S/C35H52N2O6/c1-9-11-19-41-31-23-32(42-20-12-10-2)29(22-28(31)27-21-25(24(3)4)13-14-30(27)40-8)33(38)36-26-15-17-37(18-16-26)34(39)43-35(5,6)7/h13-14,21-24,26H,9-12,15-20H2,1-8H3,(H,36,38). The molecule has 0 atom stereocenters. The van der Waals surface area contributed by atoms with Crippen molar-refractivity contribution in [3.05, 3.63) is 41.5 Å². The molecule has 0 spiro atoms. The van der Waals surface area contributed by atoms with Gasteiger partial charge in [0.05, 0.1) is 25.9 Å². The highest BCUT2D eigenvalue weighted by atomic mass is 16.6. The minimum absolute atomic E-state index is 0.0718. The molecule has 238 valence electrons. The molecule has 43 heavy (non-hydrogen) atoms. The van der Waals surface area contributed by atoms with E-state index in [1.165, 1.54) is 5.56 Å². The Morgan fingerprint density at radius 1 is 0.907 bits per heavy atom. The Bertz CT molecular complexity index is 1210. The number of ether oxygens (including phenoxy) is 4. The first-order valence-electron chi connectivity index (χ1n) is 15.9. The Kier molecular flexibility index (Phi) is 12.6. The van der Waals surface area contributed by atoms with E-state index in [1.54, 1.807) is 12.0 Å². The number of piperidine rings is 1. The van der Waals surface area contributed by atoms with Crippen molar-refractivity contribution in [2.45, 2.75) is 105 Å². The number of nitrogens with one attached hydrogen (secondary N) is 1. The number of likely N-dealkylation sites (tertiary alicyclic amines) is 1. The van der Waals surface area contributed by atoms with Crippen LogP contribution in [0.4, 0.5) is 4.79 Å². The van der Waals surface area contributed by atoms with Gasteiger partial charge in [-0.25, -0.2) is 4.79 Å². The number of unbranched alkanes of at least 4 members (excludes halogenated alkanes) is 2. The highest BCUT2D eigenvalue weighted by molar-refractivity contribution is 5.99. The molecule has 1 saturated heterocycles. The summed E-state index contributed by atoms with van der Waals surface area (Å²) in [6.07, 6.45) is 4.76. The summed E-state index contributed by atoms with van der Waals surface area (Å²) in [4.78, 5) is 28.1. The number of carbonyl (C=O) groups is 2. The van der Waals surface area contributed by atoms with E-state index in [9.17, 15) is 9.59 Å². The van der Waals surface area contributed by atoms with Gasteiger partial charge in [0.1, 0.15) is 22.8 Å². The molecule has 8 heteroatoms. The first-order chi connectivity index (χ1) is 20.5. The fraction of sp³-hybridized carbons (Fsp3) is 0.600. The van der Waals surface area contributed by atoms with Gasteiger partial charge in [0.25, 0.3) is 5.91 Å². The Hall–Kier alpha value is -3.42. The van der Waals surface area contributed by atoms with Crippen molar-refractivity contribution in [2.24, 2.45) is 0 Å². The third-order valence-corrected chi connectivity index (χ3v) is 7.50. The fourth-order valence-corrected chi connectivity index (χ4v) is 4.93. The second kappa shape index (κ2) is 15.9. The van der Waals surface area contributed by atoms with Gasteiger partial charge in [0, 0.05) is 36.3 Å². The molecule has 1 N–H and O–H groups in total. The number of benzene rings is 2. The number of nitrogens with zero attached hydrogens (tertiary/aromatic N) is 1. The zero-order valence-electron chi connectivity index (χ0n) is 27.5. The van der Waals surface area contributed by atoms with E-state index < -0.39 is 5.60 Å². The average molecular weight is 597 g/mol. The lowest BCUT2D eigenvalue weighted by atomic mass is 9.94. The van der Waals surface area contributed by atoms with Crippen LogP contribution in [0, 0.1) is 0 Å². The monoisotopic (exact) mass is 596 g/mol. The Morgan fingerprint density at radius 2 is 1.51 bits per heavy atom. The van der Waals surface area contributed by atoms with Crippen LogP contribution < -0.4 is 19.5 Å². The van der Waals surface area contributed by atoms with Crippen LogP contribution in [-0.4, -0.2) is 62.0 Å². The van der Waals surface area contributed by atoms with E-state index in [0.717, 1.165) is 36.8 Å². The minimum atomic E-state index is -0.544. The van der Waals surface area contributed by atoms with Crippen molar-refractivity contribution < 1.29 is 28.5 Å². The average Bonchev–Trinajstić information content (AvgIpc) is 2.96. The number of methoxy groups -OCH3 is 1. The van der Waals surface area contributed by atoms with Crippen molar-refractivity contribution in [2.75, 3.05) is 33.4 Å². The van der Waals surface area contributed by atoms with Gasteiger partial charge in [-0.3, -0.25) is 4.79 Å². The van der Waals surface area contributed by atoms with Gasteiger partial charge in [-0.2, -0.15) is 0 Å². The highest BCUT2D eigenvalue weighted by Crippen LogP contribution is 2.42. The third-order valence-electron chi connectivity index (χ3n) is 7.50. The van der Waals surface area contributed by atoms with Crippen molar-refractivity contribution in [3.63, 3.8) is 0 Å². The number of rotatable bonds is 13. The molecule has 0 aliphatic carbocycles. The third kappa shape index (κ3) is 9.80. The smallest absolute Gasteiger partial charge is 0.410 e. The second-order valence-corrected chi connectivity index (χ2v) is 12.6. The molecule has 0 aromatic heterocycles. The first-order valence-corrected chi connectivity index (χ1v) is 15.9. The van der Waals surface area contributed by atoms with Gasteiger partial charge in [0.2, 0.25) is 0 Å². The summed E-state index contributed by atoms with van der Waals surface area (Å²) in [7, 11) is 1.66. The van der Waals surface area contributed by atoms with Gasteiger partial charge in [-0.05, 0) is 76.1 Å². The van der Waals surface area contributed by atoms with E-state index in [0.29, 0.717) is 67.9 Å². The zero-order chi connectivity index (χ0) is 31.6. The maximum absolute atomic E-state index is 13.9. The van der Waals surface area contributed by atoms with Gasteiger partial charge in [-0.15, -0.1) is 0 Å². The predicted octanol–water partition coefficient (Wildman–Crippen LogP) is 7.97. The van der Waals surface area contributed by atoms with Crippen LogP contribution in [0.1, 0.15) is 109 Å². The van der Waals surface area contributed by atoms with Crippen LogP contribution in [0.3, 0.4) is 0 Å². The minimum Gasteiger partial charge on any atom is -0.496 e. The molecule has 0 saturated carbocycles. The topological polar surface area (TPSA) is 86.3 Å². The lowest BCUT2D eigenvalue weighted by Gasteiger charge is -2.33. The van der Waals surface area contributed by atoms with Crippen molar-refractivity contribution >= 4 is 12.0 Å². The molecule has 2 aromatic rings. The van der Waals surface area contributed by atoms with Crippen molar-refractivity contribution in [1.82, 2.24) is 10.2 Å². The highest BCUT2D eigenvalue weighted by Gasteiger charge is 2.29. The van der Waals surface area contributed by atoms with Crippen LogP contribution in [0.2, 0.25) is 0 Å². The summed E-state index contributed by atoms with van der Waals surface area (Å²) in [6, 6.07) is 9.85. The van der Waals surface area contributed by atoms with Gasteiger partial charge >= 0.3 is 6.09 Å². The first kappa shape index (κ1) is 34.1. The maximum atomic E-state index is 13.9. The second-order valence-electron chi connectivity index (χ2n) is 12.6. The Morgan fingerprint density at radius 3 is 2.07 bits per heavy atom. The molecule has 1 heterocycles. The van der Waals surface area contributed by atoms with Crippen LogP contribution in [-0.2, 0) is 4.74 Å². The molecular formula is C35H52N2O6. The molecule has 2 aromatic carbocycles. The number of hydrogen-bond acceptors (Lipinski definition) is 6. The molecule has 0 bridgehead atoms. The van der Waals surface area contributed by atoms with Crippen LogP contribution in [0.5, 0.6) is 17.2 Å². The van der Waals surface area contributed by atoms with E-state index in [2.05, 4.69) is 45.1 Å². The molecular weight excluding hydrogens is 544 g/mol. The zero-order valence-corrected chi connectivity index (χ0v) is 27.5. The van der Waals surface area contributed by atoms with Crippen LogP contribution in [0.15, 0.2) is 30.3 Å². The van der Waals surface area contributed by atoms with Gasteiger partial charge < -0.3 is 29.2 Å². The predicted molar refractivity (Wildman–Crippen MR) is 172 cm³/mol. The maximum Gasteiger partial charge on any atom is 0.410 e. The molecule has 2 amide bonds. The lowest BCUT2D eigenvalue weighted by molar-refractivity contribution is 0.0199. The molecule has 1 fully saturated rings. The summed E-state index contributed by atoms with van der Waals surface area (Å²) in [5.74, 6) is 2.00. The molecule has 1 aliphatic heterocycles. The molecule has 0 radical (unpaired) electrons. The number of amides is 2. The van der Waals surface area contributed by atoms with Crippen LogP contribution >= 0.6 is 0 Å². The quantitative estimate of drug-likeness (QED) is 0.236. The lowest BCUT2D eigenvalue weighted by Crippen LogP contribution is -2.47. The van der Waals surface area contributed by atoms with E-state index in [4.69, 9.17) is 18.9 Å². The SMILES string of the molecule is CCCCOc1cc(OCCCC)c(-c2cc(C(C)C)ccc2OC)cc1C(=O)NC1CCN(C(=O)OC(C)(C)C)CC1. The fourth-order valence-electron chi connectivity index (χ4n) is 4.93. The number of carbonyl (C=O) groups excluding carboxylic acids is 2. The molecule has 1 aliphatic rings. The van der Waals surface area contributed by atoms with Crippen molar-refractivity contribution in [1.29, 1.82) is 0 Å². The number of hydrogen-bond donors (Lipinski definition) is 1. The summed E-state index contributed by atoms with van der Waals surface area (Å²) in [6.45, 7) is 16.2. The largest absolute Gasteiger partial charge is 0.496 e. The molecule has 3 rings (SSSR count).